The van der Waals surface area contributed by atoms with Crippen LogP contribution in [0.1, 0.15) is 56.7 Å². The molecule has 0 aromatic carbocycles. The van der Waals surface area contributed by atoms with Crippen LogP contribution in [0.5, 0.6) is 0 Å². The molecule has 1 atom stereocenters. The molecule has 22 heavy (non-hydrogen) atoms. The molecule has 2 fully saturated rings. The van der Waals surface area contributed by atoms with Gasteiger partial charge in [-0.2, -0.15) is 0 Å². The molecule has 1 unspecified atom stereocenters. The van der Waals surface area contributed by atoms with E-state index in [9.17, 15) is 9.90 Å². The minimum atomic E-state index is -0.689. The summed E-state index contributed by atoms with van der Waals surface area (Å²) in [4.78, 5) is 16.6. The number of hydrogen-bond donors (Lipinski definition) is 3. The Labute approximate surface area is 131 Å². The molecule has 2 saturated carbocycles. The Morgan fingerprint density at radius 3 is 2.68 bits per heavy atom. The smallest absolute Gasteiger partial charge is 0.315 e. The number of carbonyl (C=O) groups excluding carboxylic acids is 1. The zero-order chi connectivity index (χ0) is 15.4. The molecule has 0 radical (unpaired) electrons. The predicted molar refractivity (Wildman–Crippen MR) is 84.3 cm³/mol. The number of aliphatic hydroxyl groups is 1. The molecular formula is C17H25N3O2. The maximum Gasteiger partial charge on any atom is 0.315 e. The van der Waals surface area contributed by atoms with Gasteiger partial charge in [-0.05, 0) is 50.2 Å². The highest BCUT2D eigenvalue weighted by atomic mass is 16.3. The Kier molecular flexibility index (Phi) is 4.62. The third kappa shape index (κ3) is 3.58. The lowest BCUT2D eigenvalue weighted by Gasteiger charge is -2.36. The third-order valence-corrected chi connectivity index (χ3v) is 5.03. The van der Waals surface area contributed by atoms with Gasteiger partial charge in [-0.3, -0.25) is 4.98 Å². The Morgan fingerprint density at radius 2 is 2.09 bits per heavy atom. The fourth-order valence-corrected chi connectivity index (χ4v) is 3.48. The van der Waals surface area contributed by atoms with Crippen LogP contribution in [-0.4, -0.2) is 28.3 Å². The largest absolute Gasteiger partial charge is 0.388 e. The van der Waals surface area contributed by atoms with E-state index < -0.39 is 5.60 Å². The van der Waals surface area contributed by atoms with Gasteiger partial charge in [0.1, 0.15) is 0 Å². The first-order chi connectivity index (χ1) is 10.7. The van der Waals surface area contributed by atoms with E-state index >= 15 is 0 Å². The normalized spacial score (nSPS) is 21.9. The van der Waals surface area contributed by atoms with Crippen LogP contribution in [0.25, 0.3) is 0 Å². The van der Waals surface area contributed by atoms with Gasteiger partial charge in [0, 0.05) is 12.7 Å². The van der Waals surface area contributed by atoms with Gasteiger partial charge in [-0.25, -0.2) is 4.79 Å². The molecule has 3 N–H and O–H groups in total. The van der Waals surface area contributed by atoms with Crippen LogP contribution in [0, 0.1) is 5.92 Å². The minimum Gasteiger partial charge on any atom is -0.388 e. The second-order valence-electron chi connectivity index (χ2n) is 6.68. The Morgan fingerprint density at radius 1 is 1.32 bits per heavy atom. The summed E-state index contributed by atoms with van der Waals surface area (Å²) in [7, 11) is 0. The molecule has 0 saturated heterocycles. The monoisotopic (exact) mass is 303 g/mol. The molecule has 2 aliphatic rings. The summed E-state index contributed by atoms with van der Waals surface area (Å²) >= 11 is 0. The number of nitrogens with one attached hydrogen (secondary N) is 2. The van der Waals surface area contributed by atoms with Crippen molar-refractivity contribution in [3.05, 3.63) is 30.1 Å². The van der Waals surface area contributed by atoms with Crippen molar-refractivity contribution in [3.63, 3.8) is 0 Å². The minimum absolute atomic E-state index is 0.0419. The Balaban J connectivity index is 1.60. The predicted octanol–water partition coefficient (Wildman–Crippen LogP) is 2.53. The first kappa shape index (κ1) is 15.3. The van der Waals surface area contributed by atoms with E-state index in [1.807, 2.05) is 18.2 Å². The fourth-order valence-electron chi connectivity index (χ4n) is 3.48. The van der Waals surface area contributed by atoms with Crippen molar-refractivity contribution in [2.75, 3.05) is 6.54 Å². The van der Waals surface area contributed by atoms with Gasteiger partial charge in [-0.1, -0.05) is 18.9 Å². The van der Waals surface area contributed by atoms with Gasteiger partial charge in [0.05, 0.1) is 17.3 Å². The number of urea groups is 1. The SMILES string of the molecule is O=C(NCC1(O)CCC1)NC(c1ccccn1)C1CCCC1. The van der Waals surface area contributed by atoms with Gasteiger partial charge in [0.25, 0.3) is 0 Å². The van der Waals surface area contributed by atoms with Crippen molar-refractivity contribution >= 4 is 6.03 Å². The van der Waals surface area contributed by atoms with Crippen molar-refractivity contribution in [1.29, 1.82) is 0 Å². The lowest BCUT2D eigenvalue weighted by atomic mass is 9.80. The molecule has 1 aromatic rings. The van der Waals surface area contributed by atoms with Crippen molar-refractivity contribution in [2.45, 2.75) is 56.6 Å². The highest BCUT2D eigenvalue weighted by Gasteiger charge is 2.35. The average molecular weight is 303 g/mol. The van der Waals surface area contributed by atoms with Gasteiger partial charge >= 0.3 is 6.03 Å². The molecule has 0 bridgehead atoms. The van der Waals surface area contributed by atoms with Crippen LogP contribution in [0.15, 0.2) is 24.4 Å². The van der Waals surface area contributed by atoms with Crippen LogP contribution in [0.2, 0.25) is 0 Å². The number of pyridine rings is 1. The van der Waals surface area contributed by atoms with Gasteiger partial charge < -0.3 is 15.7 Å². The summed E-state index contributed by atoms with van der Waals surface area (Å²) in [5.41, 5.74) is 0.234. The second kappa shape index (κ2) is 6.65. The molecule has 5 nitrogen and oxygen atoms in total. The van der Waals surface area contributed by atoms with E-state index in [1.54, 1.807) is 6.20 Å². The average Bonchev–Trinajstić information content (AvgIpc) is 3.03. The standard InChI is InChI=1S/C17H25N3O2/c21-16(19-12-17(22)9-5-10-17)20-15(13-6-1-2-7-13)14-8-3-4-11-18-14/h3-4,8,11,13,15,22H,1-2,5-7,9-10,12H2,(H2,19,20,21). The Bertz CT molecular complexity index is 496. The van der Waals surface area contributed by atoms with E-state index in [0.717, 1.165) is 37.8 Å². The zero-order valence-corrected chi connectivity index (χ0v) is 12.9. The zero-order valence-electron chi connectivity index (χ0n) is 12.9. The van der Waals surface area contributed by atoms with Crippen molar-refractivity contribution in [1.82, 2.24) is 15.6 Å². The van der Waals surface area contributed by atoms with Crippen LogP contribution >= 0.6 is 0 Å². The van der Waals surface area contributed by atoms with Crippen LogP contribution in [-0.2, 0) is 0 Å². The highest BCUT2D eigenvalue weighted by Crippen LogP contribution is 2.35. The van der Waals surface area contributed by atoms with Crippen molar-refractivity contribution in [2.24, 2.45) is 5.92 Å². The van der Waals surface area contributed by atoms with Crippen LogP contribution in [0.4, 0.5) is 4.79 Å². The van der Waals surface area contributed by atoms with E-state index in [-0.39, 0.29) is 12.1 Å². The lowest BCUT2D eigenvalue weighted by Crippen LogP contribution is -2.51. The van der Waals surface area contributed by atoms with E-state index in [0.29, 0.717) is 12.5 Å². The van der Waals surface area contributed by atoms with Crippen molar-refractivity contribution in [3.8, 4) is 0 Å². The number of amides is 2. The summed E-state index contributed by atoms with van der Waals surface area (Å²) in [6.45, 7) is 0.332. The molecule has 0 aliphatic heterocycles. The van der Waals surface area contributed by atoms with E-state index in [2.05, 4.69) is 15.6 Å². The van der Waals surface area contributed by atoms with Crippen LogP contribution in [0.3, 0.4) is 0 Å². The molecule has 5 heteroatoms. The quantitative estimate of drug-likeness (QED) is 0.782. The van der Waals surface area contributed by atoms with Crippen LogP contribution < -0.4 is 10.6 Å². The van der Waals surface area contributed by atoms with E-state index in [4.69, 9.17) is 0 Å². The lowest BCUT2D eigenvalue weighted by molar-refractivity contribution is -0.0290. The topological polar surface area (TPSA) is 74.2 Å². The maximum absolute atomic E-state index is 12.2. The van der Waals surface area contributed by atoms with Gasteiger partial charge in [0.2, 0.25) is 0 Å². The molecule has 3 rings (SSSR count). The van der Waals surface area contributed by atoms with Gasteiger partial charge in [-0.15, -0.1) is 0 Å². The molecular weight excluding hydrogens is 278 g/mol. The Hall–Kier alpha value is -1.62. The summed E-state index contributed by atoms with van der Waals surface area (Å²) in [5, 5.41) is 16.0. The van der Waals surface area contributed by atoms with E-state index in [1.165, 1.54) is 12.8 Å². The molecule has 1 heterocycles. The van der Waals surface area contributed by atoms with Gasteiger partial charge in [0.15, 0.2) is 0 Å². The number of hydrogen-bond acceptors (Lipinski definition) is 3. The molecule has 2 aliphatic carbocycles. The second-order valence-corrected chi connectivity index (χ2v) is 6.68. The van der Waals surface area contributed by atoms with Crippen molar-refractivity contribution < 1.29 is 9.90 Å². The first-order valence-electron chi connectivity index (χ1n) is 8.34. The summed E-state index contributed by atoms with van der Waals surface area (Å²) < 4.78 is 0. The number of rotatable bonds is 5. The fraction of sp³-hybridized carbons (Fsp3) is 0.647. The summed E-state index contributed by atoms with van der Waals surface area (Å²) in [6, 6.07) is 5.58. The maximum atomic E-state index is 12.2. The molecule has 120 valence electrons. The number of carbonyl (C=O) groups is 1. The molecule has 1 aromatic heterocycles. The third-order valence-electron chi connectivity index (χ3n) is 5.03. The molecule has 2 amide bonds. The molecule has 0 spiro atoms. The summed E-state index contributed by atoms with van der Waals surface area (Å²) in [6.07, 6.45) is 9.07. The first-order valence-corrected chi connectivity index (χ1v) is 8.34. The highest BCUT2D eigenvalue weighted by molar-refractivity contribution is 5.74. The summed E-state index contributed by atoms with van der Waals surface area (Å²) in [5.74, 6) is 0.451. The number of aromatic nitrogens is 1. The number of nitrogens with zero attached hydrogens (tertiary/aromatic N) is 1.